The van der Waals surface area contributed by atoms with E-state index in [0.717, 1.165) is 11.3 Å². The Labute approximate surface area is 180 Å². The third-order valence-corrected chi connectivity index (χ3v) is 7.37. The van der Waals surface area contributed by atoms with E-state index < -0.39 is 15.9 Å². The Morgan fingerprint density at radius 1 is 1.13 bits per heavy atom. The molecule has 4 rings (SSSR count). The van der Waals surface area contributed by atoms with Crippen LogP contribution in [0.1, 0.15) is 22.3 Å². The van der Waals surface area contributed by atoms with Crippen LogP contribution in [0.5, 0.6) is 5.75 Å². The second kappa shape index (κ2) is 8.55. The number of carbonyl (C=O) groups is 1. The van der Waals surface area contributed by atoms with Gasteiger partial charge in [-0.15, -0.1) is 0 Å². The number of aryl methyl sites for hydroxylation is 2. The van der Waals surface area contributed by atoms with Crippen molar-refractivity contribution in [3.05, 3.63) is 76.2 Å². The van der Waals surface area contributed by atoms with Gasteiger partial charge in [-0.3, -0.25) is 9.59 Å². The van der Waals surface area contributed by atoms with Crippen LogP contribution in [0, 0.1) is 0 Å². The van der Waals surface area contributed by atoms with Crippen molar-refractivity contribution in [3.8, 4) is 5.75 Å². The Morgan fingerprint density at radius 3 is 2.48 bits per heavy atom. The summed E-state index contributed by atoms with van der Waals surface area (Å²) in [6.45, 7) is 0.411. The zero-order valence-electron chi connectivity index (χ0n) is 17.2. The van der Waals surface area contributed by atoms with Gasteiger partial charge < -0.3 is 14.6 Å². The van der Waals surface area contributed by atoms with Crippen molar-refractivity contribution in [2.75, 3.05) is 18.6 Å². The molecule has 1 N–H and O–H groups in total. The first-order chi connectivity index (χ1) is 14.9. The summed E-state index contributed by atoms with van der Waals surface area (Å²) in [4.78, 5) is 26.0. The largest absolute Gasteiger partial charge is 0.497 e. The van der Waals surface area contributed by atoms with Crippen LogP contribution >= 0.6 is 0 Å². The minimum atomic E-state index is -3.10. The fourth-order valence-electron chi connectivity index (χ4n) is 3.90. The van der Waals surface area contributed by atoms with E-state index in [1.54, 1.807) is 42.1 Å². The summed E-state index contributed by atoms with van der Waals surface area (Å²) in [5.41, 5.74) is 1.25. The lowest BCUT2D eigenvalue weighted by Gasteiger charge is -2.15. The Bertz CT molecular complexity index is 1280. The molecule has 1 aromatic heterocycles. The highest BCUT2D eigenvalue weighted by Crippen LogP contribution is 2.18. The maximum Gasteiger partial charge on any atom is 0.258 e. The number of nitrogens with one attached hydrogen (secondary N) is 1. The first-order valence-corrected chi connectivity index (χ1v) is 11.9. The van der Waals surface area contributed by atoms with Gasteiger partial charge in [0.05, 0.1) is 24.2 Å². The van der Waals surface area contributed by atoms with Crippen molar-refractivity contribution in [3.63, 3.8) is 0 Å². The number of methoxy groups -OCH3 is 1. The minimum absolute atomic E-state index is 0.0478. The first kappa shape index (κ1) is 21.1. The minimum Gasteiger partial charge on any atom is -0.497 e. The van der Waals surface area contributed by atoms with Crippen molar-refractivity contribution in [1.29, 1.82) is 0 Å². The summed E-state index contributed by atoms with van der Waals surface area (Å²) in [6, 6.07) is 14.2. The van der Waals surface area contributed by atoms with Crippen molar-refractivity contribution in [2.24, 2.45) is 0 Å². The summed E-state index contributed by atoms with van der Waals surface area (Å²) in [6.07, 6.45) is 2.60. The number of aromatic nitrogens is 1. The number of ether oxygens (including phenoxy) is 1. The molecule has 31 heavy (non-hydrogen) atoms. The van der Waals surface area contributed by atoms with E-state index in [2.05, 4.69) is 5.32 Å². The molecular formula is C23H24N2O5S. The molecule has 0 spiro atoms. The zero-order chi connectivity index (χ0) is 22.0. The molecule has 3 aromatic rings. The summed E-state index contributed by atoms with van der Waals surface area (Å²) < 4.78 is 30.2. The number of pyridine rings is 1. The summed E-state index contributed by atoms with van der Waals surface area (Å²) >= 11 is 0. The van der Waals surface area contributed by atoms with Crippen molar-refractivity contribution in [2.45, 2.75) is 25.4 Å². The predicted octanol–water partition coefficient (Wildman–Crippen LogP) is 2.17. The summed E-state index contributed by atoms with van der Waals surface area (Å²) in [5, 5.41) is 3.85. The lowest BCUT2D eigenvalue weighted by molar-refractivity contribution is 0.0942. The Kier molecular flexibility index (Phi) is 5.82. The van der Waals surface area contributed by atoms with Gasteiger partial charge in [-0.2, -0.15) is 0 Å². The third kappa shape index (κ3) is 4.64. The SMILES string of the molecule is COc1ccc(CCn2cc(C(=O)N[C@@H]3CCS(=O)(=O)C3)c3ccccc3c2=O)cc1. The molecule has 1 aliphatic heterocycles. The number of benzene rings is 2. The van der Waals surface area contributed by atoms with Crippen LogP contribution in [0.15, 0.2) is 59.5 Å². The second-order valence-electron chi connectivity index (χ2n) is 7.76. The number of hydrogen-bond acceptors (Lipinski definition) is 5. The van der Waals surface area contributed by atoms with Gasteiger partial charge in [-0.1, -0.05) is 30.3 Å². The molecule has 0 bridgehead atoms. The summed E-state index contributed by atoms with van der Waals surface area (Å²) in [5.74, 6) is 0.435. The van der Waals surface area contributed by atoms with Gasteiger partial charge in [0.2, 0.25) is 0 Å². The molecule has 162 valence electrons. The maximum atomic E-state index is 13.0. The van der Waals surface area contributed by atoms with E-state index >= 15 is 0 Å². The van der Waals surface area contributed by atoms with E-state index in [0.29, 0.717) is 35.7 Å². The van der Waals surface area contributed by atoms with Gasteiger partial charge in [0.1, 0.15) is 5.75 Å². The number of hydrogen-bond donors (Lipinski definition) is 1. The molecular weight excluding hydrogens is 416 g/mol. The molecule has 0 radical (unpaired) electrons. The lowest BCUT2D eigenvalue weighted by Crippen LogP contribution is -2.36. The van der Waals surface area contributed by atoms with Gasteiger partial charge in [0.25, 0.3) is 11.5 Å². The van der Waals surface area contributed by atoms with Crippen LogP contribution in [0.4, 0.5) is 0 Å². The van der Waals surface area contributed by atoms with Crippen molar-refractivity contribution < 1.29 is 17.9 Å². The standard InChI is InChI=1S/C23H24N2O5S/c1-30-18-8-6-16(7-9-18)10-12-25-14-21(19-4-2-3-5-20(19)23(25)27)22(26)24-17-11-13-31(28,29)15-17/h2-9,14,17H,10-13,15H2,1H3,(H,24,26)/t17-/m1/s1. The highest BCUT2D eigenvalue weighted by Gasteiger charge is 2.29. The number of sulfone groups is 1. The predicted molar refractivity (Wildman–Crippen MR) is 119 cm³/mol. The average molecular weight is 441 g/mol. The van der Waals surface area contributed by atoms with Crippen molar-refractivity contribution >= 4 is 26.5 Å². The number of fused-ring (bicyclic) bond motifs is 1. The van der Waals surface area contributed by atoms with Gasteiger partial charge in [0.15, 0.2) is 9.84 Å². The van der Waals surface area contributed by atoms with Crippen LogP contribution in [0.2, 0.25) is 0 Å². The lowest BCUT2D eigenvalue weighted by atomic mass is 10.1. The molecule has 1 fully saturated rings. The second-order valence-corrected chi connectivity index (χ2v) is 9.99. The highest BCUT2D eigenvalue weighted by atomic mass is 32.2. The van der Waals surface area contributed by atoms with Crippen LogP contribution in [-0.4, -0.2) is 43.5 Å². The van der Waals surface area contributed by atoms with E-state index in [-0.39, 0.29) is 23.0 Å². The van der Waals surface area contributed by atoms with Crippen LogP contribution in [-0.2, 0) is 22.8 Å². The van der Waals surface area contributed by atoms with Gasteiger partial charge in [0, 0.05) is 29.6 Å². The molecule has 1 atom stereocenters. The fraction of sp³-hybridized carbons (Fsp3) is 0.304. The molecule has 2 heterocycles. The van der Waals surface area contributed by atoms with Crippen molar-refractivity contribution in [1.82, 2.24) is 9.88 Å². The van der Waals surface area contributed by atoms with Gasteiger partial charge in [-0.05, 0) is 36.6 Å². The van der Waals surface area contributed by atoms with E-state index in [4.69, 9.17) is 4.74 Å². The van der Waals surface area contributed by atoms with Gasteiger partial charge >= 0.3 is 0 Å². The Morgan fingerprint density at radius 2 is 1.84 bits per heavy atom. The topological polar surface area (TPSA) is 94.5 Å². The smallest absolute Gasteiger partial charge is 0.258 e. The normalized spacial score (nSPS) is 17.5. The van der Waals surface area contributed by atoms with E-state index in [1.165, 1.54) is 0 Å². The zero-order valence-corrected chi connectivity index (χ0v) is 18.0. The van der Waals surface area contributed by atoms with Crippen LogP contribution in [0.3, 0.4) is 0 Å². The van der Waals surface area contributed by atoms with E-state index in [1.807, 2.05) is 24.3 Å². The monoisotopic (exact) mass is 440 g/mol. The molecule has 7 nitrogen and oxygen atoms in total. The van der Waals surface area contributed by atoms with Crippen LogP contribution in [0.25, 0.3) is 10.8 Å². The van der Waals surface area contributed by atoms with E-state index in [9.17, 15) is 18.0 Å². The summed E-state index contributed by atoms with van der Waals surface area (Å²) in [7, 11) is -1.50. The third-order valence-electron chi connectivity index (χ3n) is 5.61. The first-order valence-electron chi connectivity index (χ1n) is 10.1. The number of rotatable bonds is 6. The number of amides is 1. The number of carbonyl (C=O) groups excluding carboxylic acids is 1. The molecule has 0 aliphatic carbocycles. The fourth-order valence-corrected chi connectivity index (χ4v) is 5.58. The Balaban J connectivity index is 1.62. The molecule has 1 saturated heterocycles. The molecule has 1 amide bonds. The molecule has 0 unspecified atom stereocenters. The Hall–Kier alpha value is -3.13. The molecule has 1 aliphatic rings. The molecule has 2 aromatic carbocycles. The number of nitrogens with zero attached hydrogens (tertiary/aromatic N) is 1. The molecule has 0 saturated carbocycles. The average Bonchev–Trinajstić information content (AvgIpc) is 3.11. The molecule has 8 heteroatoms. The quantitative estimate of drug-likeness (QED) is 0.634. The highest BCUT2D eigenvalue weighted by molar-refractivity contribution is 7.91. The van der Waals surface area contributed by atoms with Gasteiger partial charge in [-0.25, -0.2) is 8.42 Å². The van der Waals surface area contributed by atoms with Crippen LogP contribution < -0.4 is 15.6 Å². The maximum absolute atomic E-state index is 13.0.